The molecule has 0 amide bonds. The Labute approximate surface area is 123 Å². The maximum Gasteiger partial charge on any atom is 0.243 e. The van der Waals surface area contributed by atoms with Crippen molar-refractivity contribution in [2.24, 2.45) is 0 Å². The van der Waals surface area contributed by atoms with Crippen LogP contribution in [0.25, 0.3) is 11.0 Å². The second-order valence-electron chi connectivity index (χ2n) is 5.05. The monoisotopic (exact) mass is 282 g/mol. The molecular weight excluding hydrogens is 264 g/mol. The highest BCUT2D eigenvalue weighted by Gasteiger charge is 2.02. The summed E-state index contributed by atoms with van der Waals surface area (Å²) in [4.78, 5) is 4.43. The Morgan fingerprint density at radius 2 is 1.90 bits per heavy atom. The fraction of sp³-hybridized carbons (Fsp3) is 0.333. The molecule has 0 unspecified atom stereocenters. The Morgan fingerprint density at radius 1 is 1.10 bits per heavy atom. The van der Waals surface area contributed by atoms with Crippen molar-refractivity contribution in [1.82, 2.24) is 25.0 Å². The molecule has 0 aliphatic rings. The van der Waals surface area contributed by atoms with Crippen LogP contribution >= 0.6 is 0 Å². The summed E-state index contributed by atoms with van der Waals surface area (Å²) in [6, 6.07) is 9.81. The number of nitrogens with zero attached hydrogens (tertiary/aromatic N) is 5. The summed E-state index contributed by atoms with van der Waals surface area (Å²) in [7, 11) is 0. The van der Waals surface area contributed by atoms with Crippen LogP contribution in [-0.2, 0) is 6.54 Å². The highest BCUT2D eigenvalue weighted by atomic mass is 15.3. The van der Waals surface area contributed by atoms with E-state index in [0.29, 0.717) is 5.95 Å². The molecule has 21 heavy (non-hydrogen) atoms. The van der Waals surface area contributed by atoms with Gasteiger partial charge in [-0.25, -0.2) is 4.98 Å². The Hall–Kier alpha value is -2.50. The average Bonchev–Trinajstić information content (AvgIpc) is 2.81. The lowest BCUT2D eigenvalue weighted by Gasteiger charge is -2.06. The Kier molecular flexibility index (Phi) is 3.77. The SMILES string of the molecule is Cc1cc(C)n(CCCNc2nnc3ccccc3n2)n1. The van der Waals surface area contributed by atoms with Gasteiger partial charge in [0.1, 0.15) is 5.52 Å². The molecule has 2 heterocycles. The lowest BCUT2D eigenvalue weighted by molar-refractivity contribution is 0.573. The number of anilines is 1. The van der Waals surface area contributed by atoms with Gasteiger partial charge in [-0.05, 0) is 38.5 Å². The molecule has 6 nitrogen and oxygen atoms in total. The summed E-state index contributed by atoms with van der Waals surface area (Å²) in [5.41, 5.74) is 3.91. The molecule has 0 saturated heterocycles. The van der Waals surface area contributed by atoms with E-state index >= 15 is 0 Å². The molecule has 1 N–H and O–H groups in total. The predicted molar refractivity (Wildman–Crippen MR) is 82.1 cm³/mol. The van der Waals surface area contributed by atoms with Gasteiger partial charge in [-0.15, -0.1) is 10.2 Å². The topological polar surface area (TPSA) is 68.5 Å². The van der Waals surface area contributed by atoms with Gasteiger partial charge < -0.3 is 5.32 Å². The van der Waals surface area contributed by atoms with Crippen molar-refractivity contribution in [3.63, 3.8) is 0 Å². The molecule has 108 valence electrons. The largest absolute Gasteiger partial charge is 0.353 e. The third-order valence-corrected chi connectivity index (χ3v) is 3.29. The van der Waals surface area contributed by atoms with Crippen molar-refractivity contribution in [1.29, 1.82) is 0 Å². The highest BCUT2D eigenvalue weighted by Crippen LogP contribution is 2.09. The van der Waals surface area contributed by atoms with Gasteiger partial charge >= 0.3 is 0 Å². The number of benzene rings is 1. The van der Waals surface area contributed by atoms with Gasteiger partial charge in [0.2, 0.25) is 5.95 Å². The van der Waals surface area contributed by atoms with Gasteiger partial charge in [0, 0.05) is 18.8 Å². The first kappa shape index (κ1) is 13.5. The van der Waals surface area contributed by atoms with Crippen molar-refractivity contribution < 1.29 is 0 Å². The van der Waals surface area contributed by atoms with Crippen molar-refractivity contribution in [3.8, 4) is 0 Å². The predicted octanol–water partition coefficient (Wildman–Crippen LogP) is 2.34. The number of hydrogen-bond acceptors (Lipinski definition) is 5. The second kappa shape index (κ2) is 5.87. The first-order valence-electron chi connectivity index (χ1n) is 7.07. The molecular formula is C15H18N6. The summed E-state index contributed by atoms with van der Waals surface area (Å²) in [5, 5.41) is 15.9. The average molecular weight is 282 g/mol. The Bertz CT molecular complexity index is 749. The molecule has 0 fully saturated rings. The molecule has 2 aromatic heterocycles. The minimum absolute atomic E-state index is 0.571. The van der Waals surface area contributed by atoms with E-state index in [-0.39, 0.29) is 0 Å². The van der Waals surface area contributed by atoms with E-state index in [9.17, 15) is 0 Å². The van der Waals surface area contributed by atoms with Crippen LogP contribution in [0.4, 0.5) is 5.95 Å². The minimum atomic E-state index is 0.571. The molecule has 1 aromatic carbocycles. The van der Waals surface area contributed by atoms with Gasteiger partial charge in [-0.3, -0.25) is 4.68 Å². The number of fused-ring (bicyclic) bond motifs is 1. The van der Waals surface area contributed by atoms with Crippen molar-refractivity contribution >= 4 is 17.0 Å². The summed E-state index contributed by atoms with van der Waals surface area (Å²) in [5.74, 6) is 0.571. The lowest BCUT2D eigenvalue weighted by atomic mass is 10.3. The smallest absolute Gasteiger partial charge is 0.243 e. The van der Waals surface area contributed by atoms with E-state index in [2.05, 4.69) is 38.6 Å². The number of rotatable bonds is 5. The van der Waals surface area contributed by atoms with E-state index in [1.165, 1.54) is 5.69 Å². The zero-order chi connectivity index (χ0) is 14.7. The van der Waals surface area contributed by atoms with Crippen molar-refractivity contribution in [2.75, 3.05) is 11.9 Å². The molecule has 6 heteroatoms. The van der Waals surface area contributed by atoms with Crippen LogP contribution in [0.1, 0.15) is 17.8 Å². The number of aromatic nitrogens is 5. The summed E-state index contributed by atoms with van der Waals surface area (Å²) < 4.78 is 2.02. The van der Waals surface area contributed by atoms with E-state index < -0.39 is 0 Å². The van der Waals surface area contributed by atoms with E-state index in [4.69, 9.17) is 0 Å². The number of aryl methyl sites for hydroxylation is 3. The van der Waals surface area contributed by atoms with E-state index in [1.807, 2.05) is 35.9 Å². The molecule has 0 atom stereocenters. The fourth-order valence-corrected chi connectivity index (χ4v) is 2.29. The van der Waals surface area contributed by atoms with Crippen molar-refractivity contribution in [2.45, 2.75) is 26.8 Å². The summed E-state index contributed by atoms with van der Waals surface area (Å²) in [6.45, 7) is 5.76. The zero-order valence-corrected chi connectivity index (χ0v) is 12.2. The standard InChI is InChI=1S/C15H18N6/c1-11-10-12(2)21(20-11)9-5-8-16-15-17-13-6-3-4-7-14(13)18-19-15/h3-4,6-7,10H,5,8-9H2,1-2H3,(H,16,17,19). The molecule has 0 saturated carbocycles. The minimum Gasteiger partial charge on any atom is -0.353 e. The second-order valence-corrected chi connectivity index (χ2v) is 5.05. The Morgan fingerprint density at radius 3 is 2.67 bits per heavy atom. The number of hydrogen-bond donors (Lipinski definition) is 1. The van der Waals surface area contributed by atoms with Gasteiger partial charge in [0.25, 0.3) is 0 Å². The number of nitrogens with one attached hydrogen (secondary N) is 1. The van der Waals surface area contributed by atoms with Crippen LogP contribution in [0.5, 0.6) is 0 Å². The van der Waals surface area contributed by atoms with Crippen LogP contribution in [0.3, 0.4) is 0 Å². The van der Waals surface area contributed by atoms with Gasteiger partial charge in [0.15, 0.2) is 0 Å². The molecule has 0 aliphatic heterocycles. The third kappa shape index (κ3) is 3.16. The molecule has 3 rings (SSSR count). The van der Waals surface area contributed by atoms with E-state index in [0.717, 1.165) is 36.2 Å². The van der Waals surface area contributed by atoms with Gasteiger partial charge in [-0.2, -0.15) is 5.10 Å². The quantitative estimate of drug-likeness (QED) is 0.727. The van der Waals surface area contributed by atoms with E-state index in [1.54, 1.807) is 0 Å². The van der Waals surface area contributed by atoms with Crippen LogP contribution < -0.4 is 5.32 Å². The first-order chi connectivity index (χ1) is 10.2. The third-order valence-electron chi connectivity index (χ3n) is 3.29. The van der Waals surface area contributed by atoms with Gasteiger partial charge in [0.05, 0.1) is 11.2 Å². The summed E-state index contributed by atoms with van der Waals surface area (Å²) >= 11 is 0. The summed E-state index contributed by atoms with van der Waals surface area (Å²) in [6.07, 6.45) is 0.956. The normalized spacial score (nSPS) is 11.0. The first-order valence-corrected chi connectivity index (χ1v) is 7.07. The molecule has 3 aromatic rings. The Balaban J connectivity index is 1.55. The van der Waals surface area contributed by atoms with Crippen LogP contribution in [0.15, 0.2) is 30.3 Å². The number of para-hydroxylation sites is 1. The van der Waals surface area contributed by atoms with Crippen LogP contribution in [0, 0.1) is 13.8 Å². The van der Waals surface area contributed by atoms with Crippen molar-refractivity contribution in [3.05, 3.63) is 41.7 Å². The van der Waals surface area contributed by atoms with Crippen LogP contribution in [-0.4, -0.2) is 31.5 Å². The maximum atomic E-state index is 4.44. The lowest BCUT2D eigenvalue weighted by Crippen LogP contribution is -2.11. The van der Waals surface area contributed by atoms with Crippen LogP contribution in [0.2, 0.25) is 0 Å². The van der Waals surface area contributed by atoms with Gasteiger partial charge in [-0.1, -0.05) is 12.1 Å². The molecule has 0 spiro atoms. The fourth-order valence-electron chi connectivity index (χ4n) is 2.29. The zero-order valence-electron chi connectivity index (χ0n) is 12.2. The maximum absolute atomic E-state index is 4.44. The molecule has 0 aliphatic carbocycles. The molecule has 0 radical (unpaired) electrons. The molecule has 0 bridgehead atoms. The highest BCUT2D eigenvalue weighted by molar-refractivity contribution is 5.73.